The minimum Gasteiger partial charge on any atom is -0.488 e. The maximum Gasteiger partial charge on any atom is 0.324 e. The number of nitrogens with zero attached hydrogens (tertiary/aromatic N) is 3. The Morgan fingerprint density at radius 1 is 1.50 bits per heavy atom. The molecule has 0 bridgehead atoms. The molecule has 1 aliphatic rings. The van der Waals surface area contributed by atoms with Gasteiger partial charge in [-0.05, 0) is 13.8 Å². The minimum absolute atomic E-state index is 0.215. The molecule has 7 heteroatoms. The van der Waals surface area contributed by atoms with E-state index in [1.54, 1.807) is 24.0 Å². The van der Waals surface area contributed by atoms with Crippen molar-refractivity contribution < 1.29 is 14.3 Å². The summed E-state index contributed by atoms with van der Waals surface area (Å²) in [7, 11) is 0. The molecule has 1 N–H and O–H groups in total. The van der Waals surface area contributed by atoms with Crippen molar-refractivity contribution in [3.05, 3.63) is 12.4 Å². The quantitative estimate of drug-likeness (QED) is 0.761. The first-order chi connectivity index (χ1) is 8.61. The highest BCUT2D eigenvalue weighted by Gasteiger charge is 2.34. The number of hydrogen-bond donors (Lipinski definition) is 1. The largest absolute Gasteiger partial charge is 0.488 e. The van der Waals surface area contributed by atoms with E-state index in [4.69, 9.17) is 4.74 Å². The zero-order valence-electron chi connectivity index (χ0n) is 10.4. The van der Waals surface area contributed by atoms with Gasteiger partial charge in [-0.25, -0.2) is 4.79 Å². The molecule has 1 unspecified atom stereocenters. The molecule has 0 saturated carbocycles. The molecule has 1 aromatic rings. The lowest BCUT2D eigenvalue weighted by atomic mass is 10.3. The Bertz CT molecular complexity index is 457. The smallest absolute Gasteiger partial charge is 0.324 e. The van der Waals surface area contributed by atoms with E-state index >= 15 is 0 Å². The van der Waals surface area contributed by atoms with Crippen LogP contribution in [-0.2, 0) is 11.3 Å². The van der Waals surface area contributed by atoms with E-state index in [2.05, 4.69) is 10.4 Å². The van der Waals surface area contributed by atoms with Crippen molar-refractivity contribution in [1.82, 2.24) is 20.0 Å². The van der Waals surface area contributed by atoms with E-state index in [0.29, 0.717) is 5.75 Å². The molecule has 3 amide bonds. The van der Waals surface area contributed by atoms with Crippen molar-refractivity contribution >= 4 is 11.9 Å². The molecule has 1 aliphatic heterocycles. The van der Waals surface area contributed by atoms with Crippen molar-refractivity contribution in [1.29, 1.82) is 0 Å². The lowest BCUT2D eigenvalue weighted by Gasteiger charge is -2.12. The molecule has 7 nitrogen and oxygen atoms in total. The summed E-state index contributed by atoms with van der Waals surface area (Å²) in [6.07, 6.45) is 3.38. The summed E-state index contributed by atoms with van der Waals surface area (Å²) in [5, 5.41) is 6.60. The zero-order chi connectivity index (χ0) is 13.1. The zero-order valence-corrected chi connectivity index (χ0v) is 10.4. The minimum atomic E-state index is -0.444. The van der Waals surface area contributed by atoms with Gasteiger partial charge < -0.3 is 10.1 Å². The van der Waals surface area contributed by atoms with Crippen molar-refractivity contribution in [2.45, 2.75) is 26.4 Å². The number of aryl methyl sites for hydroxylation is 1. The van der Waals surface area contributed by atoms with Gasteiger partial charge in [0.05, 0.1) is 18.9 Å². The Hall–Kier alpha value is -2.05. The molecular weight excluding hydrogens is 236 g/mol. The second-order valence-electron chi connectivity index (χ2n) is 4.04. The number of imide groups is 1. The number of carbonyl (C=O) groups excluding carboxylic acids is 2. The van der Waals surface area contributed by atoms with E-state index in [1.165, 1.54) is 0 Å². The Labute approximate surface area is 105 Å². The molecular formula is C11H16N4O3. The van der Waals surface area contributed by atoms with Crippen LogP contribution < -0.4 is 10.1 Å². The highest BCUT2D eigenvalue weighted by atomic mass is 16.5. The summed E-state index contributed by atoms with van der Waals surface area (Å²) in [6, 6.07) is -0.805. The summed E-state index contributed by atoms with van der Waals surface area (Å²) in [6.45, 7) is 4.92. The number of nitrogens with one attached hydrogen (secondary N) is 1. The van der Waals surface area contributed by atoms with Crippen molar-refractivity contribution in [3.8, 4) is 5.75 Å². The molecule has 1 saturated heterocycles. The number of aromatic nitrogens is 2. The first-order valence-corrected chi connectivity index (χ1v) is 5.89. The summed E-state index contributed by atoms with van der Waals surface area (Å²) in [5.74, 6) is 0.421. The first-order valence-electron chi connectivity index (χ1n) is 5.89. The molecule has 2 rings (SSSR count). The molecule has 18 heavy (non-hydrogen) atoms. The van der Waals surface area contributed by atoms with E-state index in [1.807, 2.05) is 6.92 Å². The fraction of sp³-hybridized carbons (Fsp3) is 0.545. The molecule has 0 spiro atoms. The normalized spacial score (nSPS) is 19.2. The van der Waals surface area contributed by atoms with Crippen LogP contribution in [0, 0.1) is 0 Å². The van der Waals surface area contributed by atoms with Crippen LogP contribution in [0.15, 0.2) is 12.4 Å². The van der Waals surface area contributed by atoms with Crippen molar-refractivity contribution in [2.24, 2.45) is 0 Å². The van der Waals surface area contributed by atoms with Crippen LogP contribution >= 0.6 is 0 Å². The Morgan fingerprint density at radius 3 is 2.83 bits per heavy atom. The van der Waals surface area contributed by atoms with Crippen LogP contribution in [0.2, 0.25) is 0 Å². The maximum absolute atomic E-state index is 11.6. The highest BCUT2D eigenvalue weighted by molar-refractivity contribution is 6.03. The van der Waals surface area contributed by atoms with Gasteiger partial charge in [0.2, 0.25) is 0 Å². The van der Waals surface area contributed by atoms with Gasteiger partial charge in [0.25, 0.3) is 5.91 Å². The fourth-order valence-electron chi connectivity index (χ4n) is 1.72. The van der Waals surface area contributed by atoms with Crippen LogP contribution in [0.25, 0.3) is 0 Å². The molecule has 1 atom stereocenters. The topological polar surface area (TPSA) is 76.5 Å². The van der Waals surface area contributed by atoms with Gasteiger partial charge in [0.1, 0.15) is 12.6 Å². The molecule has 0 aliphatic carbocycles. The standard InChI is InChI=1S/C11H16N4O3/c1-3-14-7-9(6-12-14)18-5-4-15-10(16)8(2)13-11(15)17/h6-8H,3-5H2,1-2H3,(H,13,17). The Morgan fingerprint density at radius 2 is 2.28 bits per heavy atom. The number of rotatable bonds is 5. The number of ether oxygens (including phenoxy) is 1. The summed E-state index contributed by atoms with van der Waals surface area (Å²) in [5.41, 5.74) is 0. The first kappa shape index (κ1) is 12.4. The van der Waals surface area contributed by atoms with Gasteiger partial charge in [0.15, 0.2) is 5.75 Å². The molecule has 0 aromatic carbocycles. The Kier molecular flexibility index (Phi) is 3.50. The van der Waals surface area contributed by atoms with E-state index in [9.17, 15) is 9.59 Å². The second-order valence-corrected chi connectivity index (χ2v) is 4.04. The van der Waals surface area contributed by atoms with Crippen LogP contribution in [0.5, 0.6) is 5.75 Å². The van der Waals surface area contributed by atoms with Gasteiger partial charge in [-0.2, -0.15) is 5.10 Å². The third-order valence-corrected chi connectivity index (χ3v) is 2.74. The van der Waals surface area contributed by atoms with Crippen LogP contribution in [0.1, 0.15) is 13.8 Å². The van der Waals surface area contributed by atoms with E-state index in [-0.39, 0.29) is 25.1 Å². The maximum atomic E-state index is 11.6. The lowest BCUT2D eigenvalue weighted by Crippen LogP contribution is -2.34. The number of urea groups is 1. The SMILES string of the molecule is CCn1cc(OCCN2C(=O)NC(C)C2=O)cn1. The van der Waals surface area contributed by atoms with Crippen LogP contribution in [0.3, 0.4) is 0 Å². The predicted molar refractivity (Wildman–Crippen MR) is 63.1 cm³/mol. The highest BCUT2D eigenvalue weighted by Crippen LogP contribution is 2.09. The lowest BCUT2D eigenvalue weighted by molar-refractivity contribution is -0.127. The molecule has 0 radical (unpaired) electrons. The average Bonchev–Trinajstić information content (AvgIpc) is 2.89. The number of amides is 3. The van der Waals surface area contributed by atoms with Crippen molar-refractivity contribution in [3.63, 3.8) is 0 Å². The van der Waals surface area contributed by atoms with Gasteiger partial charge in [0, 0.05) is 6.54 Å². The van der Waals surface area contributed by atoms with Gasteiger partial charge in [-0.1, -0.05) is 0 Å². The third-order valence-electron chi connectivity index (χ3n) is 2.74. The molecule has 1 fully saturated rings. The summed E-state index contributed by atoms with van der Waals surface area (Å²) < 4.78 is 7.17. The van der Waals surface area contributed by atoms with Crippen molar-refractivity contribution in [2.75, 3.05) is 13.2 Å². The van der Waals surface area contributed by atoms with Gasteiger partial charge in [-0.15, -0.1) is 0 Å². The van der Waals surface area contributed by atoms with Crippen LogP contribution in [0.4, 0.5) is 4.79 Å². The fourth-order valence-corrected chi connectivity index (χ4v) is 1.72. The van der Waals surface area contributed by atoms with Gasteiger partial charge >= 0.3 is 6.03 Å². The number of hydrogen-bond acceptors (Lipinski definition) is 4. The van der Waals surface area contributed by atoms with E-state index in [0.717, 1.165) is 11.4 Å². The van der Waals surface area contributed by atoms with E-state index < -0.39 is 6.04 Å². The monoisotopic (exact) mass is 252 g/mol. The molecule has 1 aromatic heterocycles. The predicted octanol–water partition coefficient (Wildman–Crippen LogP) is 0.222. The molecule has 2 heterocycles. The average molecular weight is 252 g/mol. The second kappa shape index (κ2) is 5.07. The third kappa shape index (κ3) is 2.44. The van der Waals surface area contributed by atoms with Gasteiger partial charge in [-0.3, -0.25) is 14.4 Å². The summed E-state index contributed by atoms with van der Waals surface area (Å²) in [4.78, 5) is 24.2. The van der Waals surface area contributed by atoms with Crippen LogP contribution in [-0.4, -0.2) is 45.8 Å². The Balaban J connectivity index is 1.82. The number of carbonyl (C=O) groups is 2. The molecule has 98 valence electrons. The summed E-state index contributed by atoms with van der Waals surface area (Å²) >= 11 is 0.